The molecule has 0 spiro atoms. The molecule has 0 aliphatic heterocycles. The van der Waals surface area contributed by atoms with E-state index in [1.54, 1.807) is 0 Å². The molecule has 0 saturated heterocycles. The third kappa shape index (κ3) is 3.87. The molecule has 0 fully saturated rings. The Bertz CT molecular complexity index is 372. The van der Waals surface area contributed by atoms with E-state index in [1.165, 1.54) is 0 Å². The Kier molecular flexibility index (Phi) is 5.29. The van der Waals surface area contributed by atoms with E-state index >= 15 is 0 Å². The van der Waals surface area contributed by atoms with E-state index in [0.717, 1.165) is 36.0 Å². The molecule has 0 aliphatic carbocycles. The Balaban J connectivity index is 2.63. The second-order valence-corrected chi connectivity index (χ2v) is 5.71. The summed E-state index contributed by atoms with van der Waals surface area (Å²) in [7, 11) is 0. The second-order valence-electron chi connectivity index (χ2n) is 5.06. The van der Waals surface area contributed by atoms with Crippen LogP contribution in [0.5, 0.6) is 0 Å². The first-order valence-corrected chi connectivity index (χ1v) is 6.81. The molecular formula is C12H21Cl2N3. The van der Waals surface area contributed by atoms with Crippen molar-refractivity contribution in [3.05, 3.63) is 16.4 Å². The van der Waals surface area contributed by atoms with Crippen molar-refractivity contribution >= 4 is 23.2 Å². The molecule has 0 unspecified atom stereocenters. The summed E-state index contributed by atoms with van der Waals surface area (Å²) in [6.45, 7) is 10.7. The zero-order chi connectivity index (χ0) is 13.1. The molecule has 5 heteroatoms. The molecule has 17 heavy (non-hydrogen) atoms. The Morgan fingerprint density at radius 2 is 2.06 bits per heavy atom. The van der Waals surface area contributed by atoms with Gasteiger partial charge in [-0.05, 0) is 19.3 Å². The van der Waals surface area contributed by atoms with Gasteiger partial charge in [-0.15, -0.1) is 11.6 Å². The lowest BCUT2D eigenvalue weighted by atomic mass is 9.96. The van der Waals surface area contributed by atoms with Crippen molar-refractivity contribution in [1.29, 1.82) is 0 Å². The highest BCUT2D eigenvalue weighted by Crippen LogP contribution is 2.21. The molecule has 1 rings (SSSR count). The molecule has 1 aromatic rings. The van der Waals surface area contributed by atoms with E-state index in [2.05, 4.69) is 31.2 Å². The number of nitrogens with zero attached hydrogens (tertiary/aromatic N) is 2. The maximum absolute atomic E-state index is 6.23. The van der Waals surface area contributed by atoms with Gasteiger partial charge < -0.3 is 5.32 Å². The summed E-state index contributed by atoms with van der Waals surface area (Å²) in [5.74, 6) is 0.639. The minimum Gasteiger partial charge on any atom is -0.311 e. The molecule has 1 aromatic heterocycles. The molecule has 0 saturated carbocycles. The fourth-order valence-corrected chi connectivity index (χ4v) is 1.90. The van der Waals surface area contributed by atoms with Gasteiger partial charge in [0.25, 0.3) is 0 Å². The fraction of sp³-hybridized carbons (Fsp3) is 0.750. The Hall–Kier alpha value is -0.250. The average molecular weight is 278 g/mol. The van der Waals surface area contributed by atoms with Crippen molar-refractivity contribution in [2.24, 2.45) is 5.41 Å². The van der Waals surface area contributed by atoms with Crippen molar-refractivity contribution in [2.45, 2.75) is 40.8 Å². The summed E-state index contributed by atoms with van der Waals surface area (Å²) in [5, 5.41) is 8.54. The maximum Gasteiger partial charge on any atom is 0.0860 e. The molecule has 0 aliphatic rings. The third-order valence-corrected chi connectivity index (χ3v) is 3.93. The number of hydrogen-bond donors (Lipinski definition) is 1. The van der Waals surface area contributed by atoms with Crippen LogP contribution in [0.15, 0.2) is 0 Å². The first kappa shape index (κ1) is 14.8. The molecule has 1 heterocycles. The van der Waals surface area contributed by atoms with Crippen molar-refractivity contribution in [3.8, 4) is 0 Å². The molecule has 1 N–H and O–H groups in total. The van der Waals surface area contributed by atoms with Gasteiger partial charge in [-0.2, -0.15) is 5.10 Å². The minimum atomic E-state index is 0.0974. The standard InChI is InChI=1S/C12H21Cl2N3/c1-5-17-10(11(14)9(2)16-17)6-15-8-12(3,4)7-13/h15H,5-8H2,1-4H3. The summed E-state index contributed by atoms with van der Waals surface area (Å²) in [5.41, 5.74) is 2.04. The summed E-state index contributed by atoms with van der Waals surface area (Å²) in [6.07, 6.45) is 0. The number of aryl methyl sites for hydroxylation is 2. The van der Waals surface area contributed by atoms with E-state index < -0.39 is 0 Å². The van der Waals surface area contributed by atoms with Gasteiger partial charge in [0.05, 0.1) is 16.4 Å². The van der Waals surface area contributed by atoms with Crippen LogP contribution in [0.2, 0.25) is 5.02 Å². The number of hydrogen-bond acceptors (Lipinski definition) is 2. The number of aromatic nitrogens is 2. The normalized spacial score (nSPS) is 12.1. The summed E-state index contributed by atoms with van der Waals surface area (Å²) in [6, 6.07) is 0. The molecule has 0 atom stereocenters. The van der Waals surface area contributed by atoms with Crippen LogP contribution in [0.3, 0.4) is 0 Å². The molecule has 0 aromatic carbocycles. The monoisotopic (exact) mass is 277 g/mol. The maximum atomic E-state index is 6.23. The van der Waals surface area contributed by atoms with Crippen LogP contribution in [-0.2, 0) is 13.1 Å². The van der Waals surface area contributed by atoms with Gasteiger partial charge in [-0.1, -0.05) is 25.4 Å². The number of alkyl halides is 1. The predicted molar refractivity (Wildman–Crippen MR) is 73.9 cm³/mol. The lowest BCUT2D eigenvalue weighted by Crippen LogP contribution is -2.31. The molecule has 0 bridgehead atoms. The first-order chi connectivity index (χ1) is 7.91. The van der Waals surface area contributed by atoms with E-state index in [0.29, 0.717) is 5.88 Å². The molecule has 98 valence electrons. The average Bonchev–Trinajstić information content (AvgIpc) is 2.56. The smallest absolute Gasteiger partial charge is 0.0860 e. The van der Waals surface area contributed by atoms with Crippen LogP contribution in [0, 0.1) is 12.3 Å². The van der Waals surface area contributed by atoms with Crippen molar-refractivity contribution in [3.63, 3.8) is 0 Å². The van der Waals surface area contributed by atoms with E-state index in [4.69, 9.17) is 23.2 Å². The molecular weight excluding hydrogens is 257 g/mol. The van der Waals surface area contributed by atoms with Gasteiger partial charge >= 0.3 is 0 Å². The summed E-state index contributed by atoms with van der Waals surface area (Å²) < 4.78 is 1.94. The van der Waals surface area contributed by atoms with Gasteiger partial charge in [0.1, 0.15) is 0 Å². The van der Waals surface area contributed by atoms with Crippen LogP contribution in [0.4, 0.5) is 0 Å². The van der Waals surface area contributed by atoms with Gasteiger partial charge in [-0.3, -0.25) is 4.68 Å². The third-order valence-electron chi connectivity index (χ3n) is 2.71. The predicted octanol–water partition coefficient (Wildman–Crippen LogP) is 3.22. The quantitative estimate of drug-likeness (QED) is 0.810. The lowest BCUT2D eigenvalue weighted by molar-refractivity contribution is 0.381. The molecule has 0 radical (unpaired) electrons. The summed E-state index contributed by atoms with van der Waals surface area (Å²) in [4.78, 5) is 0. The highest BCUT2D eigenvalue weighted by Gasteiger charge is 2.17. The lowest BCUT2D eigenvalue weighted by Gasteiger charge is -2.21. The molecule has 0 amide bonds. The molecule has 3 nitrogen and oxygen atoms in total. The van der Waals surface area contributed by atoms with E-state index in [1.807, 2.05) is 11.6 Å². The summed E-state index contributed by atoms with van der Waals surface area (Å²) >= 11 is 12.1. The van der Waals surface area contributed by atoms with Crippen molar-refractivity contribution in [1.82, 2.24) is 15.1 Å². The van der Waals surface area contributed by atoms with E-state index in [9.17, 15) is 0 Å². The van der Waals surface area contributed by atoms with Crippen molar-refractivity contribution in [2.75, 3.05) is 12.4 Å². The van der Waals surface area contributed by atoms with E-state index in [-0.39, 0.29) is 5.41 Å². The first-order valence-electron chi connectivity index (χ1n) is 5.89. The van der Waals surface area contributed by atoms with Crippen LogP contribution in [-0.4, -0.2) is 22.2 Å². The number of nitrogens with one attached hydrogen (secondary N) is 1. The van der Waals surface area contributed by atoms with Gasteiger partial charge in [0, 0.05) is 25.5 Å². The minimum absolute atomic E-state index is 0.0974. The zero-order valence-electron chi connectivity index (χ0n) is 11.0. The van der Waals surface area contributed by atoms with Crippen LogP contribution in [0.25, 0.3) is 0 Å². The van der Waals surface area contributed by atoms with Gasteiger partial charge in [0.15, 0.2) is 0 Å². The number of rotatable bonds is 6. The largest absolute Gasteiger partial charge is 0.311 e. The Labute approximate surface area is 113 Å². The fourth-order valence-electron chi connectivity index (χ4n) is 1.60. The van der Waals surface area contributed by atoms with Crippen LogP contribution in [0.1, 0.15) is 32.2 Å². The highest BCUT2D eigenvalue weighted by atomic mass is 35.5. The Morgan fingerprint density at radius 3 is 2.59 bits per heavy atom. The van der Waals surface area contributed by atoms with Crippen LogP contribution >= 0.6 is 23.2 Å². The number of halogens is 2. The topological polar surface area (TPSA) is 29.9 Å². The second kappa shape index (κ2) is 6.07. The van der Waals surface area contributed by atoms with Crippen LogP contribution < -0.4 is 5.32 Å². The zero-order valence-corrected chi connectivity index (χ0v) is 12.5. The SMILES string of the molecule is CCn1nc(C)c(Cl)c1CNCC(C)(C)CCl. The van der Waals surface area contributed by atoms with Gasteiger partial charge in [-0.25, -0.2) is 0 Å². The Morgan fingerprint density at radius 1 is 1.41 bits per heavy atom. The van der Waals surface area contributed by atoms with Crippen molar-refractivity contribution < 1.29 is 0 Å². The van der Waals surface area contributed by atoms with Gasteiger partial charge in [0.2, 0.25) is 0 Å². The highest BCUT2D eigenvalue weighted by molar-refractivity contribution is 6.31.